The molecule has 2 aliphatic rings. The molecule has 1 aliphatic carbocycles. The predicted octanol–water partition coefficient (Wildman–Crippen LogP) is 3.13. The second-order valence-corrected chi connectivity index (χ2v) is 6.35. The van der Waals surface area contributed by atoms with Crippen LogP contribution in [-0.2, 0) is 5.54 Å². The molecule has 1 fully saturated rings. The van der Waals surface area contributed by atoms with E-state index in [9.17, 15) is 0 Å². The highest BCUT2D eigenvalue weighted by Crippen LogP contribution is 2.39. The lowest BCUT2D eigenvalue weighted by Gasteiger charge is -2.19. The molecule has 0 bridgehead atoms. The average Bonchev–Trinajstić information content (AvgIpc) is 3.25. The van der Waals surface area contributed by atoms with E-state index in [1.165, 1.54) is 0 Å². The van der Waals surface area contributed by atoms with Crippen LogP contribution in [0.25, 0.3) is 11.6 Å². The minimum Gasteiger partial charge on any atom is -0.490 e. The first-order valence-corrected chi connectivity index (χ1v) is 8.42. The summed E-state index contributed by atoms with van der Waals surface area (Å²) in [5.41, 5.74) is 7.76. The van der Waals surface area contributed by atoms with Crippen molar-refractivity contribution < 1.29 is 14.0 Å². The summed E-state index contributed by atoms with van der Waals surface area (Å²) in [5.74, 6) is 2.59. The Hall–Kier alpha value is -2.34. The number of rotatable bonds is 4. The Bertz CT molecular complexity index is 776. The van der Waals surface area contributed by atoms with E-state index >= 15 is 0 Å². The van der Waals surface area contributed by atoms with Crippen LogP contribution in [0.15, 0.2) is 22.7 Å². The molecule has 1 aromatic heterocycles. The minimum atomic E-state index is -0.447. The molecule has 0 atom stereocenters. The van der Waals surface area contributed by atoms with Gasteiger partial charge in [0, 0.05) is 5.56 Å². The number of hydrogen-bond donors (Lipinski definition) is 1. The van der Waals surface area contributed by atoms with Crippen LogP contribution in [-0.4, -0.2) is 23.4 Å². The Morgan fingerprint density at radius 3 is 2.92 bits per heavy atom. The molecule has 6 nitrogen and oxygen atoms in total. The maximum atomic E-state index is 6.40. The molecule has 0 saturated heterocycles. The van der Waals surface area contributed by atoms with Crippen LogP contribution in [0.3, 0.4) is 0 Å². The zero-order valence-electron chi connectivity index (χ0n) is 13.7. The van der Waals surface area contributed by atoms with Crippen molar-refractivity contribution >= 4 is 11.6 Å². The predicted molar refractivity (Wildman–Crippen MR) is 89.6 cm³/mol. The highest BCUT2D eigenvalue weighted by Gasteiger charge is 2.36. The van der Waals surface area contributed by atoms with Crippen LogP contribution in [0.2, 0.25) is 0 Å². The second kappa shape index (κ2) is 5.94. The number of aromatic nitrogens is 2. The Labute approximate surface area is 140 Å². The largest absolute Gasteiger partial charge is 0.490 e. The topological polar surface area (TPSA) is 83.4 Å². The number of ether oxygens (including phenoxy) is 2. The van der Waals surface area contributed by atoms with Crippen molar-refractivity contribution in [3.63, 3.8) is 0 Å². The minimum absolute atomic E-state index is 0.371. The van der Waals surface area contributed by atoms with Crippen LogP contribution in [0, 0.1) is 0 Å². The number of para-hydroxylation sites is 1. The average molecular weight is 327 g/mol. The smallest absolute Gasteiger partial charge is 0.257 e. The standard InChI is InChI=1S/C18H21N3O3/c1-2-22-14-7-5-6-12-10-13(11-23-15(12)14)16-20-17(21-24-16)18(19)8-3-4-9-18/h5-7,10H,2-4,8-9,11,19H2,1H3. The molecule has 0 amide bonds. The quantitative estimate of drug-likeness (QED) is 0.929. The van der Waals surface area contributed by atoms with Gasteiger partial charge < -0.3 is 19.7 Å². The van der Waals surface area contributed by atoms with Gasteiger partial charge in [0.1, 0.15) is 6.61 Å². The van der Waals surface area contributed by atoms with Gasteiger partial charge in [-0.25, -0.2) is 0 Å². The van der Waals surface area contributed by atoms with Gasteiger partial charge >= 0.3 is 0 Å². The highest BCUT2D eigenvalue weighted by atomic mass is 16.5. The van der Waals surface area contributed by atoms with Gasteiger partial charge in [-0.2, -0.15) is 4.98 Å². The summed E-state index contributed by atoms with van der Waals surface area (Å²) in [5, 5.41) is 4.12. The van der Waals surface area contributed by atoms with Gasteiger partial charge in [-0.1, -0.05) is 30.1 Å². The van der Waals surface area contributed by atoms with Gasteiger partial charge in [0.05, 0.1) is 17.7 Å². The van der Waals surface area contributed by atoms with Gasteiger partial charge in [0.2, 0.25) is 0 Å². The molecular weight excluding hydrogens is 306 g/mol. The summed E-state index contributed by atoms with van der Waals surface area (Å²) in [7, 11) is 0. The van der Waals surface area contributed by atoms with Crippen LogP contribution < -0.4 is 15.2 Å². The first-order valence-electron chi connectivity index (χ1n) is 8.42. The molecule has 2 heterocycles. The van der Waals surface area contributed by atoms with E-state index in [0.717, 1.165) is 48.3 Å². The molecule has 0 spiro atoms. The van der Waals surface area contributed by atoms with E-state index in [1.807, 2.05) is 31.2 Å². The van der Waals surface area contributed by atoms with E-state index in [-0.39, 0.29) is 0 Å². The van der Waals surface area contributed by atoms with E-state index in [4.69, 9.17) is 19.7 Å². The lowest BCUT2D eigenvalue weighted by molar-refractivity contribution is 0.294. The Balaban J connectivity index is 1.64. The van der Waals surface area contributed by atoms with E-state index < -0.39 is 5.54 Å². The molecule has 1 saturated carbocycles. The van der Waals surface area contributed by atoms with Gasteiger partial charge in [0.15, 0.2) is 17.3 Å². The number of nitrogens with zero attached hydrogens (tertiary/aromatic N) is 2. The maximum Gasteiger partial charge on any atom is 0.257 e. The molecule has 1 aromatic carbocycles. The van der Waals surface area contributed by atoms with Crippen molar-refractivity contribution in [2.24, 2.45) is 5.73 Å². The van der Waals surface area contributed by atoms with Crippen LogP contribution in [0.4, 0.5) is 0 Å². The summed E-state index contributed by atoms with van der Waals surface area (Å²) >= 11 is 0. The summed E-state index contributed by atoms with van der Waals surface area (Å²) in [4.78, 5) is 4.54. The molecule has 6 heteroatoms. The molecular formula is C18H21N3O3. The van der Waals surface area contributed by atoms with E-state index in [0.29, 0.717) is 24.9 Å². The Morgan fingerprint density at radius 2 is 2.12 bits per heavy atom. The monoisotopic (exact) mass is 327 g/mol. The van der Waals surface area contributed by atoms with Crippen LogP contribution in [0.1, 0.15) is 49.9 Å². The lowest BCUT2D eigenvalue weighted by Crippen LogP contribution is -2.34. The zero-order chi connectivity index (χ0) is 16.6. The van der Waals surface area contributed by atoms with Gasteiger partial charge in [-0.3, -0.25) is 0 Å². The lowest BCUT2D eigenvalue weighted by atomic mass is 9.98. The van der Waals surface area contributed by atoms with Crippen molar-refractivity contribution in [3.8, 4) is 11.5 Å². The molecule has 24 heavy (non-hydrogen) atoms. The number of nitrogens with two attached hydrogens (primary N) is 1. The number of fused-ring (bicyclic) bond motifs is 1. The molecule has 2 N–H and O–H groups in total. The van der Waals surface area contributed by atoms with Crippen molar-refractivity contribution in [1.29, 1.82) is 0 Å². The van der Waals surface area contributed by atoms with Crippen molar-refractivity contribution in [2.45, 2.75) is 38.1 Å². The first-order chi connectivity index (χ1) is 11.7. The molecule has 4 rings (SSSR count). The third-order valence-electron chi connectivity index (χ3n) is 4.65. The summed E-state index contributed by atoms with van der Waals surface area (Å²) in [6.07, 6.45) is 6.04. The van der Waals surface area contributed by atoms with Crippen LogP contribution >= 0.6 is 0 Å². The number of hydrogen-bond acceptors (Lipinski definition) is 6. The van der Waals surface area contributed by atoms with Crippen molar-refractivity contribution in [3.05, 3.63) is 35.5 Å². The second-order valence-electron chi connectivity index (χ2n) is 6.35. The normalized spacial score (nSPS) is 18.7. The molecule has 126 valence electrons. The van der Waals surface area contributed by atoms with E-state index in [1.54, 1.807) is 0 Å². The summed E-state index contributed by atoms with van der Waals surface area (Å²) < 4.78 is 16.9. The third kappa shape index (κ3) is 2.57. The fourth-order valence-corrected chi connectivity index (χ4v) is 3.36. The Kier molecular flexibility index (Phi) is 3.76. The number of benzene rings is 1. The fraction of sp³-hybridized carbons (Fsp3) is 0.444. The van der Waals surface area contributed by atoms with Crippen molar-refractivity contribution in [1.82, 2.24) is 10.1 Å². The van der Waals surface area contributed by atoms with Gasteiger partial charge in [-0.05, 0) is 31.9 Å². The summed E-state index contributed by atoms with van der Waals surface area (Å²) in [6.45, 7) is 2.92. The maximum absolute atomic E-state index is 6.40. The van der Waals surface area contributed by atoms with Crippen molar-refractivity contribution in [2.75, 3.05) is 13.2 Å². The van der Waals surface area contributed by atoms with E-state index in [2.05, 4.69) is 10.1 Å². The fourth-order valence-electron chi connectivity index (χ4n) is 3.36. The molecule has 0 radical (unpaired) electrons. The molecule has 1 aliphatic heterocycles. The summed E-state index contributed by atoms with van der Waals surface area (Å²) in [6, 6.07) is 5.83. The third-order valence-corrected chi connectivity index (χ3v) is 4.65. The van der Waals surface area contributed by atoms with Crippen LogP contribution in [0.5, 0.6) is 11.5 Å². The first kappa shape index (κ1) is 15.2. The molecule has 0 unspecified atom stereocenters. The Morgan fingerprint density at radius 1 is 1.29 bits per heavy atom. The SMILES string of the molecule is CCOc1cccc2c1OCC(c1nc(C3(N)CCCC3)no1)=C2. The molecule has 2 aromatic rings. The zero-order valence-corrected chi connectivity index (χ0v) is 13.7. The highest BCUT2D eigenvalue weighted by molar-refractivity contribution is 5.83. The van der Waals surface area contributed by atoms with Gasteiger partial charge in [0.25, 0.3) is 5.89 Å². The van der Waals surface area contributed by atoms with Gasteiger partial charge in [-0.15, -0.1) is 0 Å².